The van der Waals surface area contributed by atoms with Crippen molar-refractivity contribution in [3.05, 3.63) is 39.3 Å². The number of halogens is 6. The summed E-state index contributed by atoms with van der Waals surface area (Å²) in [5.41, 5.74) is 5.58. The van der Waals surface area contributed by atoms with Crippen LogP contribution in [-0.2, 0) is 40.5 Å². The van der Waals surface area contributed by atoms with Gasteiger partial charge in [-0.25, -0.2) is 9.59 Å². The molecule has 2 N–H and O–H groups in total. The van der Waals surface area contributed by atoms with Crippen molar-refractivity contribution in [1.29, 1.82) is 0 Å². The van der Waals surface area contributed by atoms with E-state index in [9.17, 15) is 26.3 Å². The smallest absolute Gasteiger partial charge is 0.475 e. The van der Waals surface area contributed by atoms with E-state index < -0.39 is 24.3 Å². The zero-order valence-corrected chi connectivity index (χ0v) is 21.4. The molecule has 2 aliphatic heterocycles. The zero-order valence-electron chi connectivity index (χ0n) is 20.6. The fourth-order valence-electron chi connectivity index (χ4n) is 3.68. The molecule has 4 rings (SSSR count). The highest BCUT2D eigenvalue weighted by molar-refractivity contribution is 7.07. The van der Waals surface area contributed by atoms with Crippen LogP contribution in [0.3, 0.4) is 0 Å². The summed E-state index contributed by atoms with van der Waals surface area (Å²) >= 11 is 1.78. The maximum atomic E-state index is 10.6. The molecule has 2 aromatic rings. The second-order valence-electron chi connectivity index (χ2n) is 8.68. The second kappa shape index (κ2) is 13.4. The minimum absolute atomic E-state index is 0.415. The van der Waals surface area contributed by atoms with E-state index in [1.165, 1.54) is 22.5 Å². The van der Waals surface area contributed by atoms with Crippen LogP contribution in [0.4, 0.5) is 26.3 Å². The zero-order chi connectivity index (χ0) is 28.7. The Bertz CT molecular complexity index is 1030. The van der Waals surface area contributed by atoms with Crippen molar-refractivity contribution in [1.82, 2.24) is 19.6 Å². The molecule has 38 heavy (non-hydrogen) atoms. The van der Waals surface area contributed by atoms with Crippen molar-refractivity contribution in [3.8, 4) is 0 Å². The summed E-state index contributed by atoms with van der Waals surface area (Å²) in [6.07, 6.45) is -10.2. The summed E-state index contributed by atoms with van der Waals surface area (Å²) in [4.78, 5) is 22.8. The summed E-state index contributed by atoms with van der Waals surface area (Å²) < 4.78 is 71.2. The van der Waals surface area contributed by atoms with Crippen LogP contribution in [0.5, 0.6) is 0 Å². The highest BCUT2D eigenvalue weighted by Crippen LogP contribution is 2.30. The van der Waals surface area contributed by atoms with Crippen LogP contribution in [0.25, 0.3) is 0 Å². The van der Waals surface area contributed by atoms with E-state index in [0.29, 0.717) is 6.04 Å². The van der Waals surface area contributed by atoms with Crippen LogP contribution < -0.4 is 0 Å². The maximum absolute atomic E-state index is 10.6. The molecule has 1 saturated heterocycles. The molecule has 0 unspecified atom stereocenters. The van der Waals surface area contributed by atoms with Gasteiger partial charge in [0.2, 0.25) is 0 Å². The number of rotatable bonds is 5. The Kier molecular flexibility index (Phi) is 11.1. The Balaban J connectivity index is 0.000000301. The quantitative estimate of drug-likeness (QED) is 0.514. The minimum atomic E-state index is -5.08. The molecular weight excluding hydrogens is 546 g/mol. The number of ether oxygens (including phenoxy) is 1. The van der Waals surface area contributed by atoms with Gasteiger partial charge in [0.05, 0.1) is 24.6 Å². The molecule has 0 aliphatic carbocycles. The highest BCUT2D eigenvalue weighted by Gasteiger charge is 2.39. The normalized spacial score (nSPS) is 16.3. The third kappa shape index (κ3) is 9.56. The molecule has 9 nitrogen and oxygen atoms in total. The predicted octanol–water partition coefficient (Wildman–Crippen LogP) is 4.14. The molecule has 0 atom stereocenters. The molecule has 0 aromatic carbocycles. The van der Waals surface area contributed by atoms with Gasteiger partial charge in [0.25, 0.3) is 0 Å². The van der Waals surface area contributed by atoms with Crippen molar-refractivity contribution in [2.45, 2.75) is 58.4 Å². The number of aromatic nitrogens is 2. The Labute approximate surface area is 218 Å². The van der Waals surface area contributed by atoms with E-state index in [1.54, 1.807) is 11.3 Å². The lowest BCUT2D eigenvalue weighted by atomic mass is 10.2. The van der Waals surface area contributed by atoms with Crippen LogP contribution >= 0.6 is 11.3 Å². The van der Waals surface area contributed by atoms with Gasteiger partial charge in [-0.05, 0) is 36.2 Å². The molecule has 214 valence electrons. The van der Waals surface area contributed by atoms with Gasteiger partial charge in [0.1, 0.15) is 0 Å². The fourth-order valence-corrected chi connectivity index (χ4v) is 4.34. The number of alkyl halides is 6. The molecule has 1 fully saturated rings. The molecule has 4 heterocycles. The van der Waals surface area contributed by atoms with Gasteiger partial charge >= 0.3 is 24.3 Å². The molecule has 2 aromatic heterocycles. The molecule has 2 aliphatic rings. The van der Waals surface area contributed by atoms with Gasteiger partial charge in [0, 0.05) is 50.9 Å². The van der Waals surface area contributed by atoms with Gasteiger partial charge in [-0.2, -0.15) is 42.8 Å². The summed E-state index contributed by atoms with van der Waals surface area (Å²) in [6.45, 7) is 12.2. The van der Waals surface area contributed by atoms with E-state index in [4.69, 9.17) is 29.6 Å². The topological polar surface area (TPSA) is 108 Å². The fraction of sp³-hybridized carbons (Fsp3) is 0.591. The lowest BCUT2D eigenvalue weighted by molar-refractivity contribution is -0.193. The van der Waals surface area contributed by atoms with E-state index in [1.807, 2.05) is 0 Å². The summed E-state index contributed by atoms with van der Waals surface area (Å²) in [5.74, 6) is -5.51. The SMILES string of the molecule is CC(C)n1nc(CN2CCOCC2)c2c1CN(Cc1ccsc1)C2.O=C(O)C(F)(F)F.O=C(O)C(F)(F)F. The number of fused-ring (bicyclic) bond motifs is 1. The van der Waals surface area contributed by atoms with Crippen LogP contribution in [0.2, 0.25) is 0 Å². The van der Waals surface area contributed by atoms with E-state index >= 15 is 0 Å². The second-order valence-corrected chi connectivity index (χ2v) is 9.46. The number of carbonyl (C=O) groups is 2. The number of morpholine rings is 1. The first kappa shape index (κ1) is 31.5. The lowest BCUT2D eigenvalue weighted by Gasteiger charge is -2.26. The average Bonchev–Trinajstić information content (AvgIpc) is 3.53. The summed E-state index contributed by atoms with van der Waals surface area (Å²) in [5, 5.41) is 23.6. The highest BCUT2D eigenvalue weighted by atomic mass is 32.1. The van der Waals surface area contributed by atoms with E-state index in [-0.39, 0.29) is 0 Å². The van der Waals surface area contributed by atoms with Crippen molar-refractivity contribution < 1.29 is 50.9 Å². The number of aliphatic carboxylic acids is 2. The maximum Gasteiger partial charge on any atom is 0.490 e. The van der Waals surface area contributed by atoms with Crippen LogP contribution in [0.1, 0.15) is 42.4 Å². The largest absolute Gasteiger partial charge is 0.490 e. The number of nitrogens with zero attached hydrogens (tertiary/aromatic N) is 4. The van der Waals surface area contributed by atoms with Gasteiger partial charge in [0.15, 0.2) is 0 Å². The van der Waals surface area contributed by atoms with Crippen molar-refractivity contribution >= 4 is 23.3 Å². The first-order valence-corrected chi connectivity index (χ1v) is 12.3. The number of hydrogen-bond acceptors (Lipinski definition) is 7. The molecule has 0 spiro atoms. The summed E-state index contributed by atoms with van der Waals surface area (Å²) in [6, 6.07) is 2.65. The van der Waals surface area contributed by atoms with Crippen molar-refractivity contribution in [3.63, 3.8) is 0 Å². The first-order valence-electron chi connectivity index (χ1n) is 11.3. The van der Waals surface area contributed by atoms with Crippen LogP contribution in [0, 0.1) is 0 Å². The van der Waals surface area contributed by atoms with E-state index in [0.717, 1.165) is 52.5 Å². The van der Waals surface area contributed by atoms with Crippen molar-refractivity contribution in [2.24, 2.45) is 0 Å². The molecule has 0 bridgehead atoms. The Morgan fingerprint density at radius 1 is 1.00 bits per heavy atom. The number of hydrogen-bond donors (Lipinski definition) is 2. The predicted molar refractivity (Wildman–Crippen MR) is 123 cm³/mol. The first-order chi connectivity index (χ1) is 17.6. The third-order valence-corrected chi connectivity index (χ3v) is 6.13. The molecular formula is C22H28F6N4O5S. The monoisotopic (exact) mass is 574 g/mol. The minimum Gasteiger partial charge on any atom is -0.475 e. The van der Waals surface area contributed by atoms with Crippen molar-refractivity contribution in [2.75, 3.05) is 26.3 Å². The average molecular weight is 575 g/mol. The molecule has 16 heteroatoms. The molecule has 0 amide bonds. The van der Waals surface area contributed by atoms with Gasteiger partial charge in [-0.15, -0.1) is 0 Å². The van der Waals surface area contributed by atoms with Crippen LogP contribution in [-0.4, -0.2) is 80.4 Å². The van der Waals surface area contributed by atoms with Crippen LogP contribution in [0.15, 0.2) is 16.8 Å². The van der Waals surface area contributed by atoms with E-state index in [2.05, 4.69) is 45.2 Å². The van der Waals surface area contributed by atoms with Gasteiger partial charge < -0.3 is 14.9 Å². The van der Waals surface area contributed by atoms with Gasteiger partial charge in [-0.3, -0.25) is 14.5 Å². The Morgan fingerprint density at radius 2 is 1.55 bits per heavy atom. The number of carboxylic acids is 2. The Hall–Kier alpha value is -2.69. The third-order valence-electron chi connectivity index (χ3n) is 5.39. The number of thiophene rings is 1. The standard InChI is InChI=1S/C18H26N4OS.2C2HF3O2/c1-14(2)22-18-12-21(9-15-3-8-24-13-15)10-16(18)17(19-22)11-20-4-6-23-7-5-20;2*3-2(4,5)1(6)7/h3,8,13-14H,4-7,9-12H2,1-2H3;2*(H,6,7). The number of carboxylic acid groups (broad SMARTS) is 2. The molecule has 0 saturated carbocycles. The lowest BCUT2D eigenvalue weighted by Crippen LogP contribution is -2.36. The summed E-state index contributed by atoms with van der Waals surface area (Å²) in [7, 11) is 0. The van der Waals surface area contributed by atoms with Gasteiger partial charge in [-0.1, -0.05) is 0 Å². The molecule has 0 radical (unpaired) electrons. The Morgan fingerprint density at radius 3 is 2.00 bits per heavy atom.